The Morgan fingerprint density at radius 2 is 1.91 bits per heavy atom. The van der Waals surface area contributed by atoms with Gasteiger partial charge in [0.2, 0.25) is 5.91 Å². The highest BCUT2D eigenvalue weighted by atomic mass is 16.5. The number of carbonyl (C=O) groups is 2. The van der Waals surface area contributed by atoms with E-state index in [4.69, 9.17) is 4.74 Å². The molecule has 2 fully saturated rings. The maximum absolute atomic E-state index is 12.5. The summed E-state index contributed by atoms with van der Waals surface area (Å²) in [5, 5.41) is 6.54. The molecule has 0 aromatic carbocycles. The number of nitrogens with one attached hydrogen (secondary N) is 2. The quantitative estimate of drug-likeness (QED) is 0.779. The van der Waals surface area contributed by atoms with Crippen LogP contribution in [0.4, 0.5) is 0 Å². The highest BCUT2D eigenvalue weighted by molar-refractivity contribution is 5.83. The first-order valence-corrected chi connectivity index (χ1v) is 8.64. The first-order valence-electron chi connectivity index (χ1n) is 8.64. The zero-order valence-electron chi connectivity index (χ0n) is 14.1. The third kappa shape index (κ3) is 4.22. The first kappa shape index (κ1) is 17.3. The molecule has 1 atom stereocenters. The standard InChI is InChI=1S/C17H30N2O3/c1-4-22-16(21)12-6-8-13(9-7-12)19-15(20)14-17(2,3)10-5-11-18-14/h12-14,18H,4-11H2,1-3H3,(H,19,20). The van der Waals surface area contributed by atoms with E-state index in [0.717, 1.165) is 45.1 Å². The van der Waals surface area contributed by atoms with Gasteiger partial charge in [0.15, 0.2) is 0 Å². The monoisotopic (exact) mass is 310 g/mol. The number of piperidine rings is 1. The van der Waals surface area contributed by atoms with Gasteiger partial charge in [-0.05, 0) is 57.4 Å². The van der Waals surface area contributed by atoms with Crippen molar-refractivity contribution in [2.75, 3.05) is 13.2 Å². The van der Waals surface area contributed by atoms with Crippen LogP contribution in [-0.4, -0.2) is 37.1 Å². The zero-order valence-corrected chi connectivity index (χ0v) is 14.1. The van der Waals surface area contributed by atoms with Gasteiger partial charge in [-0.2, -0.15) is 0 Å². The average molecular weight is 310 g/mol. The van der Waals surface area contributed by atoms with Crippen LogP contribution in [0, 0.1) is 11.3 Å². The summed E-state index contributed by atoms with van der Waals surface area (Å²) in [5.41, 5.74) is 0.00443. The number of carbonyl (C=O) groups excluding carboxylic acids is 2. The molecule has 0 aromatic rings. The molecule has 22 heavy (non-hydrogen) atoms. The molecule has 0 bridgehead atoms. The fraction of sp³-hybridized carbons (Fsp3) is 0.882. The van der Waals surface area contributed by atoms with Crippen LogP contribution < -0.4 is 10.6 Å². The van der Waals surface area contributed by atoms with E-state index >= 15 is 0 Å². The minimum Gasteiger partial charge on any atom is -0.466 e. The molecule has 1 unspecified atom stereocenters. The predicted molar refractivity (Wildman–Crippen MR) is 85.3 cm³/mol. The van der Waals surface area contributed by atoms with Gasteiger partial charge < -0.3 is 15.4 Å². The van der Waals surface area contributed by atoms with Crippen LogP contribution in [0.15, 0.2) is 0 Å². The van der Waals surface area contributed by atoms with Crippen LogP contribution >= 0.6 is 0 Å². The maximum Gasteiger partial charge on any atom is 0.308 e. The van der Waals surface area contributed by atoms with Gasteiger partial charge in [0.1, 0.15) is 0 Å². The topological polar surface area (TPSA) is 67.4 Å². The molecule has 1 heterocycles. The van der Waals surface area contributed by atoms with Crippen LogP contribution in [0.1, 0.15) is 59.3 Å². The lowest BCUT2D eigenvalue weighted by Crippen LogP contribution is -2.57. The lowest BCUT2D eigenvalue weighted by molar-refractivity contribution is -0.149. The minimum atomic E-state index is -0.107. The van der Waals surface area contributed by atoms with E-state index < -0.39 is 0 Å². The Labute approximate surface area is 133 Å². The van der Waals surface area contributed by atoms with Gasteiger partial charge in [-0.15, -0.1) is 0 Å². The largest absolute Gasteiger partial charge is 0.466 e. The van der Waals surface area contributed by atoms with Crippen molar-refractivity contribution in [1.29, 1.82) is 0 Å². The fourth-order valence-corrected chi connectivity index (χ4v) is 3.68. The molecule has 2 aliphatic rings. The van der Waals surface area contributed by atoms with Gasteiger partial charge in [-0.25, -0.2) is 0 Å². The molecule has 0 spiro atoms. The fourth-order valence-electron chi connectivity index (χ4n) is 3.68. The molecule has 1 saturated heterocycles. The molecule has 0 radical (unpaired) electrons. The smallest absolute Gasteiger partial charge is 0.308 e. The normalized spacial score (nSPS) is 31.3. The van der Waals surface area contributed by atoms with Gasteiger partial charge >= 0.3 is 5.97 Å². The van der Waals surface area contributed by atoms with Crippen LogP contribution in [0.2, 0.25) is 0 Å². The van der Waals surface area contributed by atoms with E-state index in [0.29, 0.717) is 6.61 Å². The van der Waals surface area contributed by atoms with Crippen molar-refractivity contribution in [3.63, 3.8) is 0 Å². The molecule has 5 heteroatoms. The Kier molecular flexibility index (Phi) is 5.84. The van der Waals surface area contributed by atoms with Crippen LogP contribution in [0.5, 0.6) is 0 Å². The molecular formula is C17H30N2O3. The molecule has 2 N–H and O–H groups in total. The summed E-state index contributed by atoms with van der Waals surface area (Å²) >= 11 is 0. The molecule has 5 nitrogen and oxygen atoms in total. The zero-order chi connectivity index (χ0) is 16.2. The molecule has 1 aliphatic heterocycles. The highest BCUT2D eigenvalue weighted by Crippen LogP contribution is 2.31. The number of esters is 1. The second-order valence-corrected chi connectivity index (χ2v) is 7.29. The van der Waals surface area contributed by atoms with Gasteiger partial charge in [0.25, 0.3) is 0 Å². The van der Waals surface area contributed by atoms with Gasteiger partial charge in [-0.3, -0.25) is 9.59 Å². The van der Waals surface area contributed by atoms with E-state index in [1.807, 2.05) is 6.92 Å². The Morgan fingerprint density at radius 3 is 2.50 bits per heavy atom. The summed E-state index contributed by atoms with van der Waals surface area (Å²) in [7, 11) is 0. The second-order valence-electron chi connectivity index (χ2n) is 7.29. The molecule has 2 rings (SSSR count). The number of amides is 1. The van der Waals surface area contributed by atoms with Crippen molar-refractivity contribution in [3.8, 4) is 0 Å². The lowest BCUT2D eigenvalue weighted by atomic mass is 9.77. The summed E-state index contributed by atoms with van der Waals surface area (Å²) in [6.45, 7) is 7.50. The van der Waals surface area contributed by atoms with Crippen LogP contribution in [0.25, 0.3) is 0 Å². The number of hydrogen-bond acceptors (Lipinski definition) is 4. The number of rotatable bonds is 4. The third-order valence-electron chi connectivity index (χ3n) is 5.08. The molecule has 126 valence electrons. The van der Waals surface area contributed by atoms with E-state index in [2.05, 4.69) is 24.5 Å². The van der Waals surface area contributed by atoms with Crippen molar-refractivity contribution >= 4 is 11.9 Å². The summed E-state index contributed by atoms with van der Waals surface area (Å²) in [6.07, 6.45) is 5.55. The van der Waals surface area contributed by atoms with Crippen LogP contribution in [0.3, 0.4) is 0 Å². The van der Waals surface area contributed by atoms with Gasteiger partial charge in [-0.1, -0.05) is 13.8 Å². The van der Waals surface area contributed by atoms with E-state index in [1.54, 1.807) is 0 Å². The lowest BCUT2D eigenvalue weighted by Gasteiger charge is -2.39. The molecule has 1 saturated carbocycles. The number of hydrogen-bond donors (Lipinski definition) is 2. The van der Waals surface area contributed by atoms with E-state index in [1.165, 1.54) is 0 Å². The SMILES string of the molecule is CCOC(=O)C1CCC(NC(=O)C2NCCCC2(C)C)CC1. The Balaban J connectivity index is 1.80. The minimum absolute atomic E-state index is 0.00443. The highest BCUT2D eigenvalue weighted by Gasteiger charge is 2.38. The van der Waals surface area contributed by atoms with Crippen molar-refractivity contribution in [2.24, 2.45) is 11.3 Å². The summed E-state index contributed by atoms with van der Waals surface area (Å²) in [5.74, 6) is 0.0454. The van der Waals surface area contributed by atoms with Crippen molar-refractivity contribution in [3.05, 3.63) is 0 Å². The Bertz CT molecular complexity index is 401. The maximum atomic E-state index is 12.5. The van der Waals surface area contributed by atoms with Gasteiger partial charge in [0.05, 0.1) is 18.6 Å². The van der Waals surface area contributed by atoms with Crippen molar-refractivity contribution in [1.82, 2.24) is 10.6 Å². The first-order chi connectivity index (χ1) is 10.4. The molecular weight excluding hydrogens is 280 g/mol. The average Bonchev–Trinajstić information content (AvgIpc) is 2.47. The third-order valence-corrected chi connectivity index (χ3v) is 5.08. The van der Waals surface area contributed by atoms with E-state index in [9.17, 15) is 9.59 Å². The van der Waals surface area contributed by atoms with Crippen molar-refractivity contribution in [2.45, 2.75) is 71.4 Å². The summed E-state index contributed by atoms with van der Waals surface area (Å²) in [4.78, 5) is 24.3. The summed E-state index contributed by atoms with van der Waals surface area (Å²) < 4.78 is 5.08. The predicted octanol–water partition coefficient (Wildman–Crippen LogP) is 2.00. The molecule has 1 amide bonds. The molecule has 1 aliphatic carbocycles. The van der Waals surface area contributed by atoms with Gasteiger partial charge in [0, 0.05) is 6.04 Å². The second kappa shape index (κ2) is 7.44. The number of ether oxygens (including phenoxy) is 1. The van der Waals surface area contributed by atoms with Crippen LogP contribution in [-0.2, 0) is 14.3 Å². The van der Waals surface area contributed by atoms with E-state index in [-0.39, 0.29) is 35.3 Å². The molecule has 0 aromatic heterocycles. The Morgan fingerprint density at radius 1 is 1.23 bits per heavy atom. The van der Waals surface area contributed by atoms with Crippen molar-refractivity contribution < 1.29 is 14.3 Å². The Hall–Kier alpha value is -1.10. The summed E-state index contributed by atoms with van der Waals surface area (Å²) in [6, 6.07) is 0.0849.